The summed E-state index contributed by atoms with van der Waals surface area (Å²) < 4.78 is 18.8. The van der Waals surface area contributed by atoms with Gasteiger partial charge in [0.05, 0.1) is 17.3 Å². The molecule has 39 heavy (non-hydrogen) atoms. The minimum atomic E-state index is -1.24. The first kappa shape index (κ1) is 27.2. The Morgan fingerprint density at radius 2 is 1.44 bits per heavy atom. The van der Waals surface area contributed by atoms with E-state index >= 15 is 0 Å². The van der Waals surface area contributed by atoms with Crippen LogP contribution in [0.1, 0.15) is 33.1 Å². The van der Waals surface area contributed by atoms with Crippen LogP contribution in [-0.4, -0.2) is 36.1 Å². The average molecular weight is 527 g/mol. The lowest BCUT2D eigenvalue weighted by Gasteiger charge is -2.20. The number of ether oxygens (including phenoxy) is 1. The topological polar surface area (TPSA) is 105 Å². The van der Waals surface area contributed by atoms with Gasteiger partial charge in [0.1, 0.15) is 19.0 Å². The fourth-order valence-electron chi connectivity index (χ4n) is 4.22. The van der Waals surface area contributed by atoms with Crippen LogP contribution in [0.5, 0.6) is 0 Å². The molecule has 0 saturated carbocycles. The van der Waals surface area contributed by atoms with Gasteiger partial charge in [-0.25, -0.2) is 9.18 Å². The van der Waals surface area contributed by atoms with Crippen molar-refractivity contribution in [3.8, 4) is 11.1 Å². The minimum absolute atomic E-state index is 0.0808. The maximum absolute atomic E-state index is 13.5. The number of anilines is 1. The zero-order valence-electron chi connectivity index (χ0n) is 21.2. The molecule has 0 unspecified atom stereocenters. The van der Waals surface area contributed by atoms with Crippen molar-refractivity contribution >= 4 is 23.5 Å². The molecule has 0 heterocycles. The van der Waals surface area contributed by atoms with Crippen LogP contribution in [0.3, 0.4) is 0 Å². The number of carboxylic acids is 1. The normalized spacial score (nSPS) is 10.7. The summed E-state index contributed by atoms with van der Waals surface area (Å²) in [4.78, 5) is 37.0. The maximum atomic E-state index is 13.5. The molecular weight excluding hydrogens is 499 g/mol. The highest BCUT2D eigenvalue weighted by molar-refractivity contribution is 6.02. The predicted octanol–water partition coefficient (Wildman–Crippen LogP) is 5.36. The smallest absolute Gasteiger partial charge is 0.337 e. The van der Waals surface area contributed by atoms with E-state index < -0.39 is 30.4 Å². The molecule has 0 bridgehead atoms. The highest BCUT2D eigenvalue weighted by Crippen LogP contribution is 2.28. The molecule has 7 nitrogen and oxygen atoms in total. The van der Waals surface area contributed by atoms with E-state index in [0.29, 0.717) is 16.7 Å². The van der Waals surface area contributed by atoms with Gasteiger partial charge < -0.3 is 20.5 Å². The molecule has 3 N–H and O–H groups in total. The Bertz CT molecular complexity index is 1440. The number of aryl methyl sites for hydroxylation is 1. The fourth-order valence-corrected chi connectivity index (χ4v) is 4.22. The van der Waals surface area contributed by atoms with Crippen molar-refractivity contribution in [3.05, 3.63) is 125 Å². The summed E-state index contributed by atoms with van der Waals surface area (Å²) in [5.74, 6) is -2.65. The molecule has 198 valence electrons. The van der Waals surface area contributed by atoms with Gasteiger partial charge >= 0.3 is 5.97 Å². The summed E-state index contributed by atoms with van der Waals surface area (Å²) in [6.07, 6.45) is 0. The Morgan fingerprint density at radius 1 is 0.821 bits per heavy atom. The zero-order chi connectivity index (χ0) is 27.8. The molecule has 0 aliphatic carbocycles. The Kier molecular flexibility index (Phi) is 8.81. The van der Waals surface area contributed by atoms with E-state index in [0.717, 1.165) is 11.1 Å². The number of halogens is 1. The summed E-state index contributed by atoms with van der Waals surface area (Å²) in [7, 11) is 0. The van der Waals surface area contributed by atoms with Crippen molar-refractivity contribution in [2.75, 3.05) is 18.5 Å². The van der Waals surface area contributed by atoms with Crippen molar-refractivity contribution in [1.82, 2.24) is 5.32 Å². The second-order valence-corrected chi connectivity index (χ2v) is 8.89. The third kappa shape index (κ3) is 7.15. The van der Waals surface area contributed by atoms with E-state index in [1.54, 1.807) is 19.1 Å². The molecular formula is C31H27FN2O5. The number of nitrogens with one attached hydrogen (secondary N) is 2. The second kappa shape index (κ2) is 12.6. The number of rotatable bonds is 10. The lowest BCUT2D eigenvalue weighted by molar-refractivity contribution is -0.129. The van der Waals surface area contributed by atoms with Crippen LogP contribution in [0.25, 0.3) is 11.1 Å². The van der Waals surface area contributed by atoms with Crippen LogP contribution in [0.2, 0.25) is 0 Å². The highest BCUT2D eigenvalue weighted by atomic mass is 19.1. The fraction of sp³-hybridized carbons (Fsp3) is 0.129. The van der Waals surface area contributed by atoms with E-state index in [1.165, 1.54) is 24.3 Å². The summed E-state index contributed by atoms with van der Waals surface area (Å²) in [5, 5.41) is 15.1. The molecule has 0 aromatic heterocycles. The largest absolute Gasteiger partial charge is 0.478 e. The zero-order valence-corrected chi connectivity index (χ0v) is 21.2. The molecule has 4 aromatic carbocycles. The third-order valence-electron chi connectivity index (χ3n) is 6.06. The molecule has 0 fully saturated rings. The first-order chi connectivity index (χ1) is 18.8. The minimum Gasteiger partial charge on any atom is -0.478 e. The second-order valence-electron chi connectivity index (χ2n) is 8.89. The molecule has 0 aliphatic heterocycles. The van der Waals surface area contributed by atoms with Gasteiger partial charge in [-0.05, 0) is 59.0 Å². The first-order valence-electron chi connectivity index (χ1n) is 12.2. The van der Waals surface area contributed by atoms with Gasteiger partial charge in [-0.1, -0.05) is 72.8 Å². The first-order valence-corrected chi connectivity index (χ1v) is 12.2. The van der Waals surface area contributed by atoms with Gasteiger partial charge in [0.15, 0.2) is 0 Å². The van der Waals surface area contributed by atoms with Gasteiger partial charge in [0, 0.05) is 0 Å². The lowest BCUT2D eigenvalue weighted by Crippen LogP contribution is -2.33. The number of amides is 2. The van der Waals surface area contributed by atoms with Crippen molar-refractivity contribution in [2.45, 2.75) is 13.0 Å². The quantitative estimate of drug-likeness (QED) is 0.258. The summed E-state index contributed by atoms with van der Waals surface area (Å²) >= 11 is 0. The number of benzene rings is 4. The monoisotopic (exact) mass is 526 g/mol. The van der Waals surface area contributed by atoms with Crippen molar-refractivity contribution < 1.29 is 28.6 Å². The SMILES string of the molecule is Cc1cc(F)ccc1-c1ccc(NC(=O)COCC(=O)NC(c2ccccc2)c2ccccc2)c(C(=O)O)c1. The third-order valence-corrected chi connectivity index (χ3v) is 6.06. The Hall–Kier alpha value is -4.82. The number of carbonyl (C=O) groups is 3. The number of aromatic carboxylic acids is 1. The molecule has 2 amide bonds. The van der Waals surface area contributed by atoms with E-state index in [2.05, 4.69) is 10.6 Å². The van der Waals surface area contributed by atoms with Gasteiger partial charge in [0.25, 0.3) is 0 Å². The maximum Gasteiger partial charge on any atom is 0.337 e. The van der Waals surface area contributed by atoms with Crippen LogP contribution in [0.4, 0.5) is 10.1 Å². The number of carbonyl (C=O) groups excluding carboxylic acids is 2. The summed E-state index contributed by atoms with van der Waals surface area (Å²) in [5.41, 5.74) is 3.65. The number of hydrogen-bond donors (Lipinski definition) is 3. The van der Waals surface area contributed by atoms with Crippen LogP contribution < -0.4 is 10.6 Å². The van der Waals surface area contributed by atoms with Crippen molar-refractivity contribution in [3.63, 3.8) is 0 Å². The van der Waals surface area contributed by atoms with Crippen molar-refractivity contribution in [2.24, 2.45) is 0 Å². The Morgan fingerprint density at radius 3 is 2.03 bits per heavy atom. The van der Waals surface area contributed by atoms with E-state index in [4.69, 9.17) is 4.74 Å². The number of carboxylic acid groups (broad SMARTS) is 1. The molecule has 0 radical (unpaired) electrons. The molecule has 4 aromatic rings. The van der Waals surface area contributed by atoms with Crippen LogP contribution in [0.15, 0.2) is 97.1 Å². The van der Waals surface area contributed by atoms with Gasteiger partial charge in [0.2, 0.25) is 11.8 Å². The van der Waals surface area contributed by atoms with Crippen molar-refractivity contribution in [1.29, 1.82) is 0 Å². The van der Waals surface area contributed by atoms with Gasteiger partial charge in [-0.3, -0.25) is 9.59 Å². The summed E-state index contributed by atoms with van der Waals surface area (Å²) in [6, 6.07) is 27.3. The van der Waals surface area contributed by atoms with Gasteiger partial charge in [-0.15, -0.1) is 0 Å². The molecule has 0 saturated heterocycles. The standard InChI is InChI=1S/C31H27FN2O5/c1-20-16-24(32)13-14-25(20)23-12-15-27(26(17-23)31(37)38)33-28(35)18-39-19-29(36)34-30(21-8-4-2-5-9-21)22-10-6-3-7-11-22/h2-17,30H,18-19H2,1H3,(H,33,35)(H,34,36)(H,37,38). The molecule has 4 rings (SSSR count). The van der Waals surface area contributed by atoms with Crippen LogP contribution in [0, 0.1) is 12.7 Å². The molecule has 8 heteroatoms. The van der Waals surface area contributed by atoms with Crippen LogP contribution in [-0.2, 0) is 14.3 Å². The van der Waals surface area contributed by atoms with E-state index in [1.807, 2.05) is 60.7 Å². The lowest BCUT2D eigenvalue weighted by atomic mass is 9.98. The molecule has 0 spiro atoms. The Labute approximate surface area is 225 Å². The molecule has 0 atom stereocenters. The van der Waals surface area contributed by atoms with E-state index in [-0.39, 0.29) is 23.7 Å². The predicted molar refractivity (Wildman–Crippen MR) is 146 cm³/mol. The number of hydrogen-bond acceptors (Lipinski definition) is 4. The average Bonchev–Trinajstić information content (AvgIpc) is 2.93. The Balaban J connectivity index is 1.37. The molecule has 0 aliphatic rings. The van der Waals surface area contributed by atoms with Crippen LogP contribution >= 0.6 is 0 Å². The summed E-state index contributed by atoms with van der Waals surface area (Å²) in [6.45, 7) is 0.911. The van der Waals surface area contributed by atoms with E-state index in [9.17, 15) is 23.9 Å². The highest BCUT2D eigenvalue weighted by Gasteiger charge is 2.18. The van der Waals surface area contributed by atoms with Gasteiger partial charge in [-0.2, -0.15) is 0 Å².